The van der Waals surface area contributed by atoms with Crippen LogP contribution in [0.25, 0.3) is 0 Å². The van der Waals surface area contributed by atoms with E-state index in [2.05, 4.69) is 0 Å². The third kappa shape index (κ3) is 2.13. The van der Waals surface area contributed by atoms with Crippen LogP contribution in [0.3, 0.4) is 0 Å². The molecule has 0 N–H and O–H groups in total. The molecule has 5 nitrogen and oxygen atoms in total. The molecule has 0 aromatic heterocycles. The van der Waals surface area contributed by atoms with Gasteiger partial charge in [0, 0.05) is 11.5 Å². The van der Waals surface area contributed by atoms with Crippen LogP contribution in [0.5, 0.6) is 0 Å². The Morgan fingerprint density at radius 2 is 1.83 bits per heavy atom. The van der Waals surface area contributed by atoms with Crippen molar-refractivity contribution in [2.24, 2.45) is 5.92 Å². The summed E-state index contributed by atoms with van der Waals surface area (Å²) in [5.41, 5.74) is 0.196. The minimum absolute atomic E-state index is 0.176. The quantitative estimate of drug-likeness (QED) is 0.692. The summed E-state index contributed by atoms with van der Waals surface area (Å²) in [6.45, 7) is 0. The lowest BCUT2D eigenvalue weighted by Crippen LogP contribution is -2.55. The van der Waals surface area contributed by atoms with Crippen LogP contribution in [0.1, 0.15) is 32.1 Å². The first-order chi connectivity index (χ1) is 11.6. The van der Waals surface area contributed by atoms with Crippen molar-refractivity contribution < 1.29 is 23.8 Å². The van der Waals surface area contributed by atoms with Crippen molar-refractivity contribution in [1.82, 2.24) is 0 Å². The van der Waals surface area contributed by atoms with Crippen LogP contribution in [0, 0.1) is 5.92 Å². The van der Waals surface area contributed by atoms with E-state index in [1.165, 1.54) is 14.2 Å². The standard InChI is InChI=1S/C17H22O5S2/c1-20-14(18)11-12(15(19)21-2)16-6-4-3-5-10(16)9-17(13(11)22-16)23-7-8-24-17/h10,13H,3-9H2,1-2H3/t10?,13-,16-/m1/s1. The molecule has 1 unspecified atom stereocenters. The Morgan fingerprint density at radius 1 is 1.12 bits per heavy atom. The number of esters is 2. The summed E-state index contributed by atoms with van der Waals surface area (Å²) >= 11 is 3.75. The van der Waals surface area contributed by atoms with E-state index in [0.717, 1.165) is 43.6 Å². The molecule has 0 aromatic carbocycles. The summed E-state index contributed by atoms with van der Waals surface area (Å²) in [7, 11) is 2.74. The van der Waals surface area contributed by atoms with Crippen molar-refractivity contribution >= 4 is 35.5 Å². The highest BCUT2D eigenvalue weighted by Gasteiger charge is 2.67. The predicted molar refractivity (Wildman–Crippen MR) is 92.9 cm³/mol. The molecule has 7 heteroatoms. The molecule has 3 heterocycles. The minimum atomic E-state index is -0.658. The molecule has 0 radical (unpaired) electrons. The summed E-state index contributed by atoms with van der Waals surface area (Å²) in [6.07, 6.45) is 4.56. The molecule has 1 aliphatic carbocycles. The van der Waals surface area contributed by atoms with E-state index in [1.54, 1.807) is 0 Å². The molecule has 0 amide bonds. The SMILES string of the molecule is COC(=O)C1=C(C(=O)OC)[C@@]23CCCCC2CC2(SCCS2)[C@@H]1O3. The fourth-order valence-corrected chi connectivity index (χ4v) is 8.32. The Morgan fingerprint density at radius 3 is 2.50 bits per heavy atom. The van der Waals surface area contributed by atoms with Gasteiger partial charge < -0.3 is 14.2 Å². The Balaban J connectivity index is 1.91. The molecular weight excluding hydrogens is 348 g/mol. The molecule has 3 aliphatic heterocycles. The van der Waals surface area contributed by atoms with Crippen molar-refractivity contribution in [2.45, 2.75) is 47.9 Å². The summed E-state index contributed by atoms with van der Waals surface area (Å²) in [4.78, 5) is 25.3. The normalized spacial score (nSPS) is 36.6. The Hall–Kier alpha value is -0.660. The number of methoxy groups -OCH3 is 2. The van der Waals surface area contributed by atoms with E-state index in [1.807, 2.05) is 23.5 Å². The smallest absolute Gasteiger partial charge is 0.337 e. The maximum Gasteiger partial charge on any atom is 0.337 e. The first-order valence-corrected chi connectivity index (χ1v) is 10.4. The lowest BCUT2D eigenvalue weighted by Gasteiger charge is -2.51. The van der Waals surface area contributed by atoms with Crippen molar-refractivity contribution in [3.05, 3.63) is 11.1 Å². The number of hydrogen-bond acceptors (Lipinski definition) is 7. The molecule has 4 rings (SSSR count). The number of rotatable bonds is 2. The second-order valence-electron chi connectivity index (χ2n) is 6.81. The van der Waals surface area contributed by atoms with Crippen LogP contribution in [0.15, 0.2) is 11.1 Å². The van der Waals surface area contributed by atoms with Gasteiger partial charge in [-0.25, -0.2) is 9.59 Å². The Bertz CT molecular complexity index is 610. The van der Waals surface area contributed by atoms with E-state index in [9.17, 15) is 9.59 Å². The average Bonchev–Trinajstić information content (AvgIpc) is 3.17. The molecular formula is C17H22O5S2. The first kappa shape index (κ1) is 16.8. The van der Waals surface area contributed by atoms with E-state index >= 15 is 0 Å². The maximum atomic E-state index is 12.7. The zero-order valence-corrected chi connectivity index (χ0v) is 15.6. The molecule has 2 spiro atoms. The topological polar surface area (TPSA) is 61.8 Å². The van der Waals surface area contributed by atoms with Gasteiger partial charge in [-0.1, -0.05) is 12.8 Å². The molecule has 1 saturated carbocycles. The number of fused-ring (bicyclic) bond motifs is 2. The minimum Gasteiger partial charge on any atom is -0.466 e. The first-order valence-electron chi connectivity index (χ1n) is 8.45. The van der Waals surface area contributed by atoms with Gasteiger partial charge in [0.25, 0.3) is 0 Å². The highest BCUT2D eigenvalue weighted by Crippen LogP contribution is 2.65. The third-order valence-corrected chi connectivity index (χ3v) is 9.32. The van der Waals surface area contributed by atoms with Gasteiger partial charge in [0.05, 0.1) is 29.4 Å². The number of thioether (sulfide) groups is 2. The Labute approximate surface area is 150 Å². The predicted octanol–water partition coefficient (Wildman–Crippen LogP) is 2.54. The second-order valence-corrected chi connectivity index (χ2v) is 9.92. The molecule has 3 atom stereocenters. The van der Waals surface area contributed by atoms with Gasteiger partial charge in [-0.05, 0) is 25.2 Å². The maximum absolute atomic E-state index is 12.7. The highest BCUT2D eigenvalue weighted by molar-refractivity contribution is 8.21. The molecule has 2 saturated heterocycles. The molecule has 24 heavy (non-hydrogen) atoms. The number of carbonyl (C=O) groups excluding carboxylic acids is 2. The largest absolute Gasteiger partial charge is 0.466 e. The summed E-state index contributed by atoms with van der Waals surface area (Å²) < 4.78 is 16.5. The fourth-order valence-electron chi connectivity index (χ4n) is 4.86. The van der Waals surface area contributed by atoms with Gasteiger partial charge in [-0.2, -0.15) is 0 Å². The van der Waals surface area contributed by atoms with Crippen LogP contribution in [0.4, 0.5) is 0 Å². The molecule has 3 fully saturated rings. The van der Waals surface area contributed by atoms with Crippen LogP contribution in [-0.2, 0) is 23.8 Å². The van der Waals surface area contributed by atoms with Crippen LogP contribution >= 0.6 is 23.5 Å². The highest BCUT2D eigenvalue weighted by atomic mass is 32.2. The number of hydrogen-bond donors (Lipinski definition) is 0. The van der Waals surface area contributed by atoms with E-state index in [4.69, 9.17) is 14.2 Å². The van der Waals surface area contributed by atoms with Crippen LogP contribution in [0.2, 0.25) is 0 Å². The lowest BCUT2D eigenvalue weighted by molar-refractivity contribution is -0.151. The van der Waals surface area contributed by atoms with Gasteiger partial charge >= 0.3 is 11.9 Å². The summed E-state index contributed by atoms with van der Waals surface area (Å²) in [5.74, 6) is 1.47. The van der Waals surface area contributed by atoms with Gasteiger partial charge in [0.1, 0.15) is 11.7 Å². The second kappa shape index (κ2) is 5.95. The van der Waals surface area contributed by atoms with E-state index < -0.39 is 17.5 Å². The van der Waals surface area contributed by atoms with Gasteiger partial charge in [-0.15, -0.1) is 23.5 Å². The van der Waals surface area contributed by atoms with E-state index in [0.29, 0.717) is 11.1 Å². The molecule has 2 bridgehead atoms. The number of carbonyl (C=O) groups is 2. The Kier molecular flexibility index (Phi) is 4.16. The fraction of sp³-hybridized carbons (Fsp3) is 0.765. The zero-order chi connectivity index (χ0) is 16.9. The number of ether oxygens (including phenoxy) is 3. The van der Waals surface area contributed by atoms with Gasteiger partial charge in [0.2, 0.25) is 0 Å². The van der Waals surface area contributed by atoms with Gasteiger partial charge in [-0.3, -0.25) is 0 Å². The lowest BCUT2D eigenvalue weighted by atomic mass is 9.69. The summed E-state index contributed by atoms with van der Waals surface area (Å²) in [5, 5.41) is 0. The van der Waals surface area contributed by atoms with Crippen molar-refractivity contribution in [3.8, 4) is 0 Å². The van der Waals surface area contributed by atoms with Gasteiger partial charge in [0.15, 0.2) is 0 Å². The monoisotopic (exact) mass is 370 g/mol. The van der Waals surface area contributed by atoms with Crippen molar-refractivity contribution in [1.29, 1.82) is 0 Å². The zero-order valence-electron chi connectivity index (χ0n) is 14.0. The molecule has 132 valence electrons. The van der Waals surface area contributed by atoms with Crippen molar-refractivity contribution in [3.63, 3.8) is 0 Å². The van der Waals surface area contributed by atoms with Crippen molar-refractivity contribution in [2.75, 3.05) is 25.7 Å². The average molecular weight is 370 g/mol. The van der Waals surface area contributed by atoms with Crippen LogP contribution in [-0.4, -0.2) is 53.4 Å². The van der Waals surface area contributed by atoms with E-state index in [-0.39, 0.29) is 16.1 Å². The summed E-state index contributed by atoms with van der Waals surface area (Å²) in [6, 6.07) is 0. The van der Waals surface area contributed by atoms with Crippen LogP contribution < -0.4 is 0 Å². The molecule has 0 aromatic rings. The molecule has 4 aliphatic rings. The third-order valence-electron chi connectivity index (χ3n) is 5.79.